The highest BCUT2D eigenvalue weighted by Crippen LogP contribution is 2.20. The van der Waals surface area contributed by atoms with Gasteiger partial charge in [-0.05, 0) is 30.7 Å². The molecule has 0 saturated carbocycles. The van der Waals surface area contributed by atoms with Crippen LogP contribution in [0.1, 0.15) is 17.9 Å². The van der Waals surface area contributed by atoms with Crippen molar-refractivity contribution in [2.24, 2.45) is 0 Å². The first kappa shape index (κ1) is 19.7. The van der Waals surface area contributed by atoms with Crippen LogP contribution in [0, 0.1) is 6.92 Å². The standard InChI is InChI=1S/C17H18BrN7O3/c1-10-7-11(18)3-4-12(10)21-13(26)8-25(2)15(27)6-5-14-22-17(24-28-14)16-19-9-20-23-16/h3-4,7,9H,5-6,8H2,1-2H3,(H,21,26)(H,19,20,23). The number of nitrogens with zero attached hydrogens (tertiary/aromatic N) is 5. The van der Waals surface area contributed by atoms with Crippen LogP contribution in [0.4, 0.5) is 5.69 Å². The largest absolute Gasteiger partial charge is 0.339 e. The topological polar surface area (TPSA) is 130 Å². The monoisotopic (exact) mass is 447 g/mol. The van der Waals surface area contributed by atoms with Gasteiger partial charge in [-0.3, -0.25) is 14.7 Å². The first-order chi connectivity index (χ1) is 13.4. The van der Waals surface area contributed by atoms with Crippen LogP contribution < -0.4 is 5.32 Å². The molecule has 0 atom stereocenters. The number of hydrogen-bond acceptors (Lipinski definition) is 7. The van der Waals surface area contributed by atoms with Crippen LogP contribution in [0.3, 0.4) is 0 Å². The molecular weight excluding hydrogens is 430 g/mol. The number of likely N-dealkylation sites (N-methyl/N-ethyl adjacent to an activating group) is 1. The molecular formula is C17H18BrN7O3. The van der Waals surface area contributed by atoms with Crippen LogP contribution in [-0.4, -0.2) is 55.6 Å². The number of halogens is 1. The number of amides is 2. The molecule has 0 fully saturated rings. The van der Waals surface area contributed by atoms with Crippen molar-refractivity contribution in [1.29, 1.82) is 0 Å². The molecule has 0 radical (unpaired) electrons. The second kappa shape index (κ2) is 8.74. The van der Waals surface area contributed by atoms with Crippen molar-refractivity contribution < 1.29 is 14.1 Å². The number of H-pyrrole nitrogens is 1. The minimum Gasteiger partial charge on any atom is -0.339 e. The van der Waals surface area contributed by atoms with E-state index in [4.69, 9.17) is 4.52 Å². The fraction of sp³-hybridized carbons (Fsp3) is 0.294. The Morgan fingerprint density at radius 3 is 2.89 bits per heavy atom. The second-order valence-corrected chi connectivity index (χ2v) is 7.02. The zero-order valence-corrected chi connectivity index (χ0v) is 16.9. The van der Waals surface area contributed by atoms with E-state index in [9.17, 15) is 9.59 Å². The molecule has 2 amide bonds. The Bertz CT molecular complexity index is 971. The second-order valence-electron chi connectivity index (χ2n) is 6.10. The van der Waals surface area contributed by atoms with E-state index in [1.807, 2.05) is 19.1 Å². The first-order valence-electron chi connectivity index (χ1n) is 8.40. The number of nitrogens with one attached hydrogen (secondary N) is 2. The number of aromatic amines is 1. The zero-order chi connectivity index (χ0) is 20.1. The molecule has 3 aromatic rings. The maximum atomic E-state index is 12.3. The van der Waals surface area contributed by atoms with Gasteiger partial charge in [0.05, 0.1) is 6.54 Å². The third kappa shape index (κ3) is 5.00. The number of aromatic nitrogens is 5. The molecule has 28 heavy (non-hydrogen) atoms. The highest BCUT2D eigenvalue weighted by Gasteiger charge is 2.16. The predicted octanol–water partition coefficient (Wildman–Crippen LogP) is 1.96. The summed E-state index contributed by atoms with van der Waals surface area (Å²) in [4.78, 5) is 33.9. The Hall–Kier alpha value is -3.08. The lowest BCUT2D eigenvalue weighted by atomic mass is 10.2. The Labute approximate surface area is 168 Å². The van der Waals surface area contributed by atoms with Gasteiger partial charge in [-0.25, -0.2) is 4.98 Å². The molecule has 1 aromatic carbocycles. The van der Waals surface area contributed by atoms with E-state index < -0.39 is 0 Å². The van der Waals surface area contributed by atoms with E-state index in [0.29, 0.717) is 17.4 Å². The van der Waals surface area contributed by atoms with Gasteiger partial charge in [-0.2, -0.15) is 10.1 Å². The van der Waals surface area contributed by atoms with Crippen molar-refractivity contribution in [3.63, 3.8) is 0 Å². The average Bonchev–Trinajstić information content (AvgIpc) is 3.33. The SMILES string of the molecule is Cc1cc(Br)ccc1NC(=O)CN(C)C(=O)CCc1nc(-c2ncn[nH]2)no1. The Kier molecular flexibility index (Phi) is 6.14. The van der Waals surface area contributed by atoms with Crippen LogP contribution in [0.5, 0.6) is 0 Å². The summed E-state index contributed by atoms with van der Waals surface area (Å²) in [6, 6.07) is 5.55. The molecule has 0 aliphatic heterocycles. The predicted molar refractivity (Wildman–Crippen MR) is 103 cm³/mol. The van der Waals surface area contributed by atoms with Crippen molar-refractivity contribution >= 4 is 33.4 Å². The summed E-state index contributed by atoms with van der Waals surface area (Å²) in [5.41, 5.74) is 1.63. The van der Waals surface area contributed by atoms with Gasteiger partial charge in [0.2, 0.25) is 23.5 Å². The van der Waals surface area contributed by atoms with E-state index >= 15 is 0 Å². The number of carbonyl (C=O) groups excluding carboxylic acids is 2. The van der Waals surface area contributed by atoms with Gasteiger partial charge in [0.25, 0.3) is 0 Å². The van der Waals surface area contributed by atoms with Gasteiger partial charge in [0.1, 0.15) is 6.33 Å². The Balaban J connectivity index is 1.48. The molecule has 11 heteroatoms. The van der Waals surface area contributed by atoms with Gasteiger partial charge in [-0.1, -0.05) is 21.1 Å². The Morgan fingerprint density at radius 2 is 2.18 bits per heavy atom. The molecule has 0 saturated heterocycles. The lowest BCUT2D eigenvalue weighted by Crippen LogP contribution is -2.35. The molecule has 146 valence electrons. The highest BCUT2D eigenvalue weighted by molar-refractivity contribution is 9.10. The fourth-order valence-corrected chi connectivity index (χ4v) is 2.91. The highest BCUT2D eigenvalue weighted by atomic mass is 79.9. The number of anilines is 1. The molecule has 0 spiro atoms. The van der Waals surface area contributed by atoms with E-state index in [-0.39, 0.29) is 37.0 Å². The lowest BCUT2D eigenvalue weighted by Gasteiger charge is -2.17. The zero-order valence-electron chi connectivity index (χ0n) is 15.3. The number of hydrogen-bond donors (Lipinski definition) is 2. The van der Waals surface area contributed by atoms with Gasteiger partial charge in [0, 0.05) is 30.0 Å². The van der Waals surface area contributed by atoms with Crippen LogP contribution in [0.15, 0.2) is 33.5 Å². The van der Waals surface area contributed by atoms with Crippen LogP contribution in [-0.2, 0) is 16.0 Å². The van der Waals surface area contributed by atoms with E-state index in [0.717, 1.165) is 10.0 Å². The van der Waals surface area contributed by atoms with Crippen LogP contribution >= 0.6 is 15.9 Å². The molecule has 2 heterocycles. The maximum absolute atomic E-state index is 12.3. The number of benzene rings is 1. The molecule has 0 bridgehead atoms. The molecule has 0 unspecified atom stereocenters. The summed E-state index contributed by atoms with van der Waals surface area (Å²) in [7, 11) is 1.57. The fourth-order valence-electron chi connectivity index (χ4n) is 2.43. The lowest BCUT2D eigenvalue weighted by molar-refractivity contribution is -0.133. The van der Waals surface area contributed by atoms with Crippen LogP contribution in [0.2, 0.25) is 0 Å². The van der Waals surface area contributed by atoms with Crippen molar-refractivity contribution in [2.75, 3.05) is 18.9 Å². The first-order valence-corrected chi connectivity index (χ1v) is 9.20. The summed E-state index contributed by atoms with van der Waals surface area (Å²) in [6.45, 7) is 1.84. The number of carbonyl (C=O) groups is 2. The molecule has 2 aromatic heterocycles. The van der Waals surface area contributed by atoms with Crippen molar-refractivity contribution in [2.45, 2.75) is 19.8 Å². The third-order valence-electron chi connectivity index (χ3n) is 3.92. The number of aryl methyl sites for hydroxylation is 2. The van der Waals surface area contributed by atoms with Gasteiger partial charge >= 0.3 is 0 Å². The molecule has 10 nitrogen and oxygen atoms in total. The quantitative estimate of drug-likeness (QED) is 0.565. The molecule has 2 N–H and O–H groups in total. The average molecular weight is 448 g/mol. The maximum Gasteiger partial charge on any atom is 0.243 e. The van der Waals surface area contributed by atoms with E-state index in [1.165, 1.54) is 11.2 Å². The molecule has 3 rings (SSSR count). The van der Waals surface area contributed by atoms with Crippen molar-refractivity contribution in [3.05, 3.63) is 40.5 Å². The Morgan fingerprint density at radius 1 is 1.36 bits per heavy atom. The van der Waals surface area contributed by atoms with Crippen LogP contribution in [0.25, 0.3) is 11.6 Å². The number of rotatable bonds is 7. The summed E-state index contributed by atoms with van der Waals surface area (Å²) in [6.07, 6.45) is 1.74. The summed E-state index contributed by atoms with van der Waals surface area (Å²) in [5, 5.41) is 12.9. The minimum atomic E-state index is -0.272. The molecule has 0 aliphatic rings. The molecule has 0 aliphatic carbocycles. The summed E-state index contributed by atoms with van der Waals surface area (Å²) in [5.74, 6) is 0.493. The normalized spacial score (nSPS) is 10.7. The van der Waals surface area contributed by atoms with E-state index in [2.05, 4.69) is 46.6 Å². The minimum absolute atomic E-state index is 0.0541. The van der Waals surface area contributed by atoms with Gasteiger partial charge < -0.3 is 14.7 Å². The smallest absolute Gasteiger partial charge is 0.243 e. The van der Waals surface area contributed by atoms with Gasteiger partial charge in [0.15, 0.2) is 5.82 Å². The van der Waals surface area contributed by atoms with Crippen molar-refractivity contribution in [3.8, 4) is 11.6 Å². The van der Waals surface area contributed by atoms with Crippen molar-refractivity contribution in [1.82, 2.24) is 30.2 Å². The summed E-state index contributed by atoms with van der Waals surface area (Å²) < 4.78 is 6.03. The summed E-state index contributed by atoms with van der Waals surface area (Å²) >= 11 is 3.38. The third-order valence-corrected chi connectivity index (χ3v) is 4.41. The van der Waals surface area contributed by atoms with Gasteiger partial charge in [-0.15, -0.1) is 0 Å². The van der Waals surface area contributed by atoms with E-state index in [1.54, 1.807) is 13.1 Å².